The molecule has 1 N–H and O–H groups in total. The summed E-state index contributed by atoms with van der Waals surface area (Å²) in [6.45, 7) is 2.60. The highest BCUT2D eigenvalue weighted by Gasteiger charge is 2.31. The van der Waals surface area contributed by atoms with Gasteiger partial charge in [-0.05, 0) is 57.1 Å². The molecule has 2 fully saturated rings. The summed E-state index contributed by atoms with van der Waals surface area (Å²) in [5.41, 5.74) is 2.49. The number of pyridine rings is 1. The molecule has 1 amide bonds. The first-order chi connectivity index (χ1) is 15.8. The Morgan fingerprint density at radius 2 is 2.03 bits per heavy atom. The number of rotatable bonds is 8. The molecule has 0 aromatic carbocycles. The van der Waals surface area contributed by atoms with Gasteiger partial charge in [0.25, 0.3) is 0 Å². The van der Waals surface area contributed by atoms with E-state index in [0.717, 1.165) is 0 Å². The molecule has 0 radical (unpaired) electrons. The Bertz CT molecular complexity index is 1020. The van der Waals surface area contributed by atoms with Crippen LogP contribution >= 0.6 is 0 Å². The molecule has 2 saturated carbocycles. The van der Waals surface area contributed by atoms with Crippen LogP contribution in [0.3, 0.4) is 0 Å². The molecule has 0 saturated heterocycles. The molecule has 10 nitrogen and oxygen atoms in total. The average Bonchev–Trinajstić information content (AvgIpc) is 3.37. The molecule has 2 aromatic rings. The molecular weight excluding hydrogens is 426 g/mol. The van der Waals surface area contributed by atoms with Crippen LogP contribution in [-0.2, 0) is 23.2 Å². The Labute approximate surface area is 192 Å². The summed E-state index contributed by atoms with van der Waals surface area (Å²) in [7, 11) is 3.51. The van der Waals surface area contributed by atoms with E-state index in [9.17, 15) is 14.7 Å². The molecule has 2 aliphatic rings. The predicted molar refractivity (Wildman–Crippen MR) is 119 cm³/mol. The van der Waals surface area contributed by atoms with Crippen molar-refractivity contribution in [2.24, 2.45) is 18.9 Å². The molecule has 2 atom stereocenters. The summed E-state index contributed by atoms with van der Waals surface area (Å²) in [6.07, 6.45) is 4.93. The molecule has 33 heavy (non-hydrogen) atoms. The fourth-order valence-corrected chi connectivity index (χ4v) is 4.37. The van der Waals surface area contributed by atoms with Gasteiger partial charge in [0.15, 0.2) is 0 Å². The maximum Gasteiger partial charge on any atom is 0.409 e. The minimum Gasteiger partial charge on any atom is -0.489 e. The number of hydrogen-bond donors (Lipinski definition) is 1. The zero-order valence-corrected chi connectivity index (χ0v) is 19.4. The van der Waals surface area contributed by atoms with Crippen LogP contribution in [0.25, 0.3) is 11.4 Å². The van der Waals surface area contributed by atoms with E-state index >= 15 is 0 Å². The Morgan fingerprint density at radius 3 is 2.67 bits per heavy atom. The van der Waals surface area contributed by atoms with Crippen LogP contribution in [0.4, 0.5) is 4.79 Å². The quantitative estimate of drug-likeness (QED) is 0.642. The first-order valence-corrected chi connectivity index (χ1v) is 11.5. The van der Waals surface area contributed by atoms with Gasteiger partial charge in [-0.15, -0.1) is 5.10 Å². The van der Waals surface area contributed by atoms with Crippen molar-refractivity contribution < 1.29 is 24.2 Å². The third kappa shape index (κ3) is 5.26. The van der Waals surface area contributed by atoms with E-state index in [0.29, 0.717) is 60.3 Å². The van der Waals surface area contributed by atoms with Gasteiger partial charge in [-0.3, -0.25) is 4.79 Å². The molecule has 0 unspecified atom stereocenters. The van der Waals surface area contributed by atoms with Crippen molar-refractivity contribution in [3.63, 3.8) is 0 Å². The van der Waals surface area contributed by atoms with Gasteiger partial charge in [-0.1, -0.05) is 11.6 Å². The highest BCUT2D eigenvalue weighted by atomic mass is 16.6. The molecule has 4 rings (SSSR count). The Hall–Kier alpha value is -3.17. The largest absolute Gasteiger partial charge is 0.489 e. The minimum absolute atomic E-state index is 0.0459. The van der Waals surface area contributed by atoms with E-state index < -0.39 is 5.97 Å². The van der Waals surface area contributed by atoms with Crippen molar-refractivity contribution in [1.82, 2.24) is 24.9 Å². The van der Waals surface area contributed by atoms with E-state index in [1.165, 1.54) is 19.3 Å². The maximum absolute atomic E-state index is 12.4. The number of hydrogen-bond acceptors (Lipinski definition) is 7. The average molecular weight is 458 g/mol. The molecule has 0 aliphatic heterocycles. The van der Waals surface area contributed by atoms with Crippen LogP contribution in [0.5, 0.6) is 5.75 Å². The second kappa shape index (κ2) is 9.76. The Kier molecular flexibility index (Phi) is 6.80. The smallest absolute Gasteiger partial charge is 0.409 e. The zero-order valence-electron chi connectivity index (χ0n) is 19.4. The lowest BCUT2D eigenvalue weighted by molar-refractivity contribution is -0.141. The summed E-state index contributed by atoms with van der Waals surface area (Å²) in [6, 6.07) is 3.62. The van der Waals surface area contributed by atoms with Gasteiger partial charge in [0, 0.05) is 20.6 Å². The number of ether oxygens (including phenoxy) is 2. The third-order valence-electron chi connectivity index (χ3n) is 6.65. The van der Waals surface area contributed by atoms with Crippen LogP contribution in [0.15, 0.2) is 12.1 Å². The highest BCUT2D eigenvalue weighted by Crippen LogP contribution is 2.31. The van der Waals surface area contributed by atoms with E-state index in [4.69, 9.17) is 9.47 Å². The number of carboxylic acid groups (broad SMARTS) is 1. The number of aryl methyl sites for hydroxylation is 2. The van der Waals surface area contributed by atoms with E-state index in [1.807, 2.05) is 13.0 Å². The van der Waals surface area contributed by atoms with Crippen LogP contribution in [0.1, 0.15) is 49.9 Å². The van der Waals surface area contributed by atoms with Crippen LogP contribution in [0, 0.1) is 18.8 Å². The first-order valence-electron chi connectivity index (χ1n) is 11.5. The van der Waals surface area contributed by atoms with E-state index in [-0.39, 0.29) is 24.7 Å². The van der Waals surface area contributed by atoms with Gasteiger partial charge >= 0.3 is 12.1 Å². The van der Waals surface area contributed by atoms with Gasteiger partial charge in [0.1, 0.15) is 23.7 Å². The fraction of sp³-hybridized carbons (Fsp3) is 0.609. The number of aromatic nitrogens is 4. The van der Waals surface area contributed by atoms with Crippen molar-refractivity contribution in [2.75, 3.05) is 13.6 Å². The summed E-state index contributed by atoms with van der Waals surface area (Å²) in [5.74, 6) is 0.0875. The maximum atomic E-state index is 12.4. The standard InChI is InChI=1S/C23H31N5O5/c1-14-20(33-17-8-7-16(11-17)22(29)30)10-9-18(24-14)21-19(28(3)26-25-21)13-32-23(31)27(2)12-15-5-4-6-15/h9-10,15-17H,4-8,11-13H2,1-3H3,(H,29,30)/t16-,17-/m0/s1. The van der Waals surface area contributed by atoms with Gasteiger partial charge in [0.05, 0.1) is 23.4 Å². The molecule has 2 aromatic heterocycles. The van der Waals surface area contributed by atoms with Crippen LogP contribution < -0.4 is 4.74 Å². The van der Waals surface area contributed by atoms with Gasteiger partial charge in [0.2, 0.25) is 0 Å². The molecule has 178 valence electrons. The van der Waals surface area contributed by atoms with Crippen molar-refractivity contribution in [1.29, 1.82) is 0 Å². The number of carbonyl (C=O) groups excluding carboxylic acids is 1. The molecule has 2 heterocycles. The first kappa shape index (κ1) is 23.0. The fourth-order valence-electron chi connectivity index (χ4n) is 4.37. The van der Waals surface area contributed by atoms with Crippen LogP contribution in [0.2, 0.25) is 0 Å². The summed E-state index contributed by atoms with van der Waals surface area (Å²) in [4.78, 5) is 29.8. The number of carboxylic acids is 1. The second-order valence-electron chi connectivity index (χ2n) is 9.11. The van der Waals surface area contributed by atoms with Gasteiger partial charge < -0.3 is 19.5 Å². The zero-order chi connectivity index (χ0) is 23.5. The topological polar surface area (TPSA) is 120 Å². The van der Waals surface area contributed by atoms with Gasteiger partial charge in [-0.2, -0.15) is 0 Å². The third-order valence-corrected chi connectivity index (χ3v) is 6.65. The Balaban J connectivity index is 1.40. The second-order valence-corrected chi connectivity index (χ2v) is 9.11. The lowest BCUT2D eigenvalue weighted by Gasteiger charge is -2.29. The van der Waals surface area contributed by atoms with Gasteiger partial charge in [-0.25, -0.2) is 14.5 Å². The van der Waals surface area contributed by atoms with Crippen LogP contribution in [-0.4, -0.2) is 61.7 Å². The normalized spacial score (nSPS) is 20.3. The number of nitrogens with zero attached hydrogens (tertiary/aromatic N) is 5. The predicted octanol–water partition coefficient (Wildman–Crippen LogP) is 3.19. The molecular formula is C23H31N5O5. The number of aliphatic carboxylic acids is 1. The lowest BCUT2D eigenvalue weighted by Crippen LogP contribution is -2.34. The van der Waals surface area contributed by atoms with E-state index in [1.54, 1.807) is 29.7 Å². The monoisotopic (exact) mass is 457 g/mol. The molecule has 10 heteroatoms. The number of carbonyl (C=O) groups is 2. The van der Waals surface area contributed by atoms with Crippen molar-refractivity contribution in [3.05, 3.63) is 23.5 Å². The molecule has 0 bridgehead atoms. The van der Waals surface area contributed by atoms with Crippen molar-refractivity contribution >= 4 is 12.1 Å². The molecule has 0 spiro atoms. The number of amides is 1. The SMILES string of the molecule is Cc1nc(-c2nnn(C)c2COC(=O)N(C)CC2CCC2)ccc1O[C@H]1CC[C@H](C(=O)O)C1. The van der Waals surface area contributed by atoms with E-state index in [2.05, 4.69) is 15.3 Å². The molecule has 2 aliphatic carbocycles. The highest BCUT2D eigenvalue weighted by molar-refractivity contribution is 5.70. The lowest BCUT2D eigenvalue weighted by atomic mass is 9.85. The summed E-state index contributed by atoms with van der Waals surface area (Å²) >= 11 is 0. The van der Waals surface area contributed by atoms with Crippen molar-refractivity contribution in [2.45, 2.75) is 58.2 Å². The Morgan fingerprint density at radius 1 is 1.24 bits per heavy atom. The summed E-state index contributed by atoms with van der Waals surface area (Å²) in [5, 5.41) is 17.5. The minimum atomic E-state index is -0.767. The van der Waals surface area contributed by atoms with Crippen molar-refractivity contribution in [3.8, 4) is 17.1 Å². The summed E-state index contributed by atoms with van der Waals surface area (Å²) < 4.78 is 13.1.